The fourth-order valence-corrected chi connectivity index (χ4v) is 1.98. The Kier molecular flexibility index (Phi) is 6.94. The van der Waals surface area contributed by atoms with Gasteiger partial charge in [-0.1, -0.05) is 38.1 Å². The molecule has 0 aliphatic carbocycles. The fraction of sp³-hybridized carbons (Fsp3) is 0.600. The van der Waals surface area contributed by atoms with Crippen LogP contribution in [0.5, 0.6) is 0 Å². The molecule has 0 aliphatic rings. The Bertz CT molecular complexity index is 322. The standard InChI is InChI=1S/C15H25NO2/c1-12(2)15(8-9-17)16-10-13-4-6-14(7-5-13)11-18-3/h4-7,12,15-17H,8-11H2,1-3H3. The van der Waals surface area contributed by atoms with Crippen LogP contribution in [0, 0.1) is 5.92 Å². The first-order valence-electron chi connectivity index (χ1n) is 6.58. The van der Waals surface area contributed by atoms with Gasteiger partial charge >= 0.3 is 0 Å². The minimum atomic E-state index is 0.239. The molecule has 102 valence electrons. The number of rotatable bonds is 8. The molecule has 1 aromatic rings. The molecule has 0 fully saturated rings. The molecule has 0 saturated carbocycles. The predicted molar refractivity (Wildman–Crippen MR) is 74.3 cm³/mol. The van der Waals surface area contributed by atoms with Crippen LogP contribution in [0.1, 0.15) is 31.4 Å². The van der Waals surface area contributed by atoms with Crippen LogP contribution < -0.4 is 5.32 Å². The van der Waals surface area contributed by atoms with Gasteiger partial charge in [0.1, 0.15) is 0 Å². The molecule has 0 spiro atoms. The van der Waals surface area contributed by atoms with Gasteiger partial charge in [-0.25, -0.2) is 0 Å². The van der Waals surface area contributed by atoms with E-state index in [1.807, 2.05) is 0 Å². The molecule has 0 heterocycles. The normalized spacial score (nSPS) is 12.9. The van der Waals surface area contributed by atoms with E-state index in [9.17, 15) is 0 Å². The number of benzene rings is 1. The maximum atomic E-state index is 9.02. The van der Waals surface area contributed by atoms with Gasteiger partial charge < -0.3 is 15.2 Å². The average molecular weight is 251 g/mol. The minimum absolute atomic E-state index is 0.239. The SMILES string of the molecule is COCc1ccc(CNC(CCO)C(C)C)cc1. The number of methoxy groups -OCH3 is 1. The molecule has 0 bridgehead atoms. The van der Waals surface area contributed by atoms with Crippen molar-refractivity contribution in [3.8, 4) is 0 Å². The highest BCUT2D eigenvalue weighted by Gasteiger charge is 2.11. The summed E-state index contributed by atoms with van der Waals surface area (Å²) in [5, 5.41) is 12.5. The quantitative estimate of drug-likeness (QED) is 0.745. The molecule has 0 amide bonds. The third kappa shape index (κ3) is 5.17. The van der Waals surface area contributed by atoms with Crippen molar-refractivity contribution in [2.24, 2.45) is 5.92 Å². The van der Waals surface area contributed by atoms with Gasteiger partial charge in [-0.05, 0) is 23.5 Å². The van der Waals surface area contributed by atoms with Gasteiger partial charge in [0.2, 0.25) is 0 Å². The van der Waals surface area contributed by atoms with E-state index in [0.717, 1.165) is 13.0 Å². The number of aliphatic hydroxyl groups is 1. The molecular weight excluding hydrogens is 226 g/mol. The molecule has 0 radical (unpaired) electrons. The first kappa shape index (κ1) is 15.2. The molecule has 2 N–H and O–H groups in total. The summed E-state index contributed by atoms with van der Waals surface area (Å²) in [4.78, 5) is 0. The van der Waals surface area contributed by atoms with Crippen molar-refractivity contribution in [2.75, 3.05) is 13.7 Å². The predicted octanol–water partition coefficient (Wildman–Crippen LogP) is 2.33. The molecule has 18 heavy (non-hydrogen) atoms. The van der Waals surface area contributed by atoms with Crippen molar-refractivity contribution < 1.29 is 9.84 Å². The van der Waals surface area contributed by atoms with Crippen molar-refractivity contribution in [3.05, 3.63) is 35.4 Å². The van der Waals surface area contributed by atoms with E-state index in [0.29, 0.717) is 18.6 Å². The third-order valence-corrected chi connectivity index (χ3v) is 3.15. The third-order valence-electron chi connectivity index (χ3n) is 3.15. The lowest BCUT2D eigenvalue weighted by Crippen LogP contribution is -2.34. The summed E-state index contributed by atoms with van der Waals surface area (Å²) in [7, 11) is 1.71. The molecule has 1 atom stereocenters. The highest BCUT2D eigenvalue weighted by Crippen LogP contribution is 2.09. The Morgan fingerprint density at radius 2 is 1.78 bits per heavy atom. The van der Waals surface area contributed by atoms with E-state index in [1.165, 1.54) is 11.1 Å². The molecule has 1 aromatic carbocycles. The van der Waals surface area contributed by atoms with Crippen molar-refractivity contribution in [1.29, 1.82) is 0 Å². The minimum Gasteiger partial charge on any atom is -0.396 e. The molecule has 1 unspecified atom stereocenters. The zero-order valence-corrected chi connectivity index (χ0v) is 11.6. The van der Waals surface area contributed by atoms with Gasteiger partial charge in [-0.2, -0.15) is 0 Å². The summed E-state index contributed by atoms with van der Waals surface area (Å²) < 4.78 is 5.09. The first-order valence-corrected chi connectivity index (χ1v) is 6.58. The molecule has 1 rings (SSSR count). The Labute approximate surface area is 110 Å². The second-order valence-electron chi connectivity index (χ2n) is 4.99. The van der Waals surface area contributed by atoms with Crippen LogP contribution in [0.25, 0.3) is 0 Å². The van der Waals surface area contributed by atoms with Gasteiger partial charge in [-0.15, -0.1) is 0 Å². The maximum absolute atomic E-state index is 9.02. The Hall–Kier alpha value is -0.900. The van der Waals surface area contributed by atoms with E-state index in [-0.39, 0.29) is 6.61 Å². The first-order chi connectivity index (χ1) is 8.67. The van der Waals surface area contributed by atoms with Gasteiger partial charge in [0.05, 0.1) is 6.61 Å². The highest BCUT2D eigenvalue weighted by atomic mass is 16.5. The second kappa shape index (κ2) is 8.25. The fourth-order valence-electron chi connectivity index (χ4n) is 1.98. The van der Waals surface area contributed by atoms with Crippen LogP contribution in [0.2, 0.25) is 0 Å². The van der Waals surface area contributed by atoms with Gasteiger partial charge in [0, 0.05) is 26.3 Å². The second-order valence-corrected chi connectivity index (χ2v) is 4.99. The summed E-state index contributed by atoms with van der Waals surface area (Å²) in [6.45, 7) is 6.09. The van der Waals surface area contributed by atoms with E-state index in [4.69, 9.17) is 9.84 Å². The summed E-state index contributed by atoms with van der Waals surface area (Å²) in [6.07, 6.45) is 0.805. The average Bonchev–Trinajstić information content (AvgIpc) is 2.36. The van der Waals surface area contributed by atoms with E-state index < -0.39 is 0 Å². The van der Waals surface area contributed by atoms with Crippen molar-refractivity contribution >= 4 is 0 Å². The van der Waals surface area contributed by atoms with Crippen LogP contribution in [-0.2, 0) is 17.9 Å². The number of hydrogen-bond acceptors (Lipinski definition) is 3. The van der Waals surface area contributed by atoms with E-state index >= 15 is 0 Å². The number of aliphatic hydroxyl groups excluding tert-OH is 1. The lowest BCUT2D eigenvalue weighted by molar-refractivity contribution is 0.185. The zero-order chi connectivity index (χ0) is 13.4. The van der Waals surface area contributed by atoms with Crippen molar-refractivity contribution in [1.82, 2.24) is 5.32 Å². The Morgan fingerprint density at radius 1 is 1.17 bits per heavy atom. The maximum Gasteiger partial charge on any atom is 0.0713 e. The van der Waals surface area contributed by atoms with Crippen molar-refractivity contribution in [2.45, 2.75) is 39.5 Å². The molecule has 0 aliphatic heterocycles. The molecular formula is C15H25NO2. The van der Waals surface area contributed by atoms with Gasteiger partial charge in [0.15, 0.2) is 0 Å². The highest BCUT2D eigenvalue weighted by molar-refractivity contribution is 5.21. The number of nitrogens with one attached hydrogen (secondary N) is 1. The van der Waals surface area contributed by atoms with E-state index in [1.54, 1.807) is 7.11 Å². The van der Waals surface area contributed by atoms with E-state index in [2.05, 4.69) is 43.4 Å². The van der Waals surface area contributed by atoms with Gasteiger partial charge in [0.25, 0.3) is 0 Å². The lowest BCUT2D eigenvalue weighted by Gasteiger charge is -2.21. The largest absolute Gasteiger partial charge is 0.396 e. The summed E-state index contributed by atoms with van der Waals surface area (Å²) >= 11 is 0. The van der Waals surface area contributed by atoms with Crippen LogP contribution in [0.15, 0.2) is 24.3 Å². The molecule has 0 saturated heterocycles. The van der Waals surface area contributed by atoms with Gasteiger partial charge in [-0.3, -0.25) is 0 Å². The monoisotopic (exact) mass is 251 g/mol. The van der Waals surface area contributed by atoms with Crippen LogP contribution in [-0.4, -0.2) is 24.9 Å². The smallest absolute Gasteiger partial charge is 0.0713 e. The zero-order valence-electron chi connectivity index (χ0n) is 11.6. The Balaban J connectivity index is 2.46. The number of ether oxygens (including phenoxy) is 1. The molecule has 0 aromatic heterocycles. The summed E-state index contributed by atoms with van der Waals surface area (Å²) in [5.41, 5.74) is 2.45. The van der Waals surface area contributed by atoms with Crippen LogP contribution in [0.3, 0.4) is 0 Å². The molecule has 3 nitrogen and oxygen atoms in total. The topological polar surface area (TPSA) is 41.5 Å². The lowest BCUT2D eigenvalue weighted by atomic mass is 10.0. The molecule has 3 heteroatoms. The summed E-state index contributed by atoms with van der Waals surface area (Å²) in [6, 6.07) is 8.80. The number of hydrogen-bond donors (Lipinski definition) is 2. The van der Waals surface area contributed by atoms with Crippen LogP contribution in [0.4, 0.5) is 0 Å². The Morgan fingerprint density at radius 3 is 2.28 bits per heavy atom. The van der Waals surface area contributed by atoms with Crippen molar-refractivity contribution in [3.63, 3.8) is 0 Å². The summed E-state index contributed by atoms with van der Waals surface area (Å²) in [5.74, 6) is 0.532. The van der Waals surface area contributed by atoms with Crippen LogP contribution >= 0.6 is 0 Å².